The SMILES string of the molecule is CCC(C)NC(=O)c1cc(Nc2ccccc2Oc2ccccc2)ncn1. The van der Waals surface area contributed by atoms with Crippen molar-refractivity contribution in [3.05, 3.63) is 72.7 Å². The molecule has 6 heteroatoms. The molecule has 0 aliphatic carbocycles. The Morgan fingerprint density at radius 2 is 1.81 bits per heavy atom. The number of hydrogen-bond donors (Lipinski definition) is 2. The van der Waals surface area contributed by atoms with Gasteiger partial charge in [0, 0.05) is 12.1 Å². The highest BCUT2D eigenvalue weighted by molar-refractivity contribution is 5.93. The van der Waals surface area contributed by atoms with Gasteiger partial charge in [-0.1, -0.05) is 37.3 Å². The van der Waals surface area contributed by atoms with Gasteiger partial charge in [0.05, 0.1) is 5.69 Å². The lowest BCUT2D eigenvalue weighted by atomic mass is 10.2. The minimum atomic E-state index is -0.219. The Morgan fingerprint density at radius 1 is 1.07 bits per heavy atom. The van der Waals surface area contributed by atoms with Crippen LogP contribution in [0.5, 0.6) is 11.5 Å². The number of anilines is 2. The molecular weight excluding hydrogens is 340 g/mol. The van der Waals surface area contributed by atoms with E-state index < -0.39 is 0 Å². The second-order valence-corrected chi connectivity index (χ2v) is 6.11. The lowest BCUT2D eigenvalue weighted by Gasteiger charge is -2.13. The van der Waals surface area contributed by atoms with E-state index in [9.17, 15) is 4.79 Å². The molecule has 2 N–H and O–H groups in total. The molecule has 0 saturated carbocycles. The number of carbonyl (C=O) groups excluding carboxylic acids is 1. The number of ether oxygens (including phenoxy) is 1. The van der Waals surface area contributed by atoms with Crippen molar-refractivity contribution in [1.29, 1.82) is 0 Å². The van der Waals surface area contributed by atoms with Crippen LogP contribution in [0.1, 0.15) is 30.8 Å². The van der Waals surface area contributed by atoms with E-state index >= 15 is 0 Å². The minimum absolute atomic E-state index is 0.0869. The number of benzene rings is 2. The molecule has 0 bridgehead atoms. The molecular formula is C21H22N4O2. The molecule has 0 radical (unpaired) electrons. The molecule has 138 valence electrons. The van der Waals surface area contributed by atoms with Crippen molar-refractivity contribution >= 4 is 17.4 Å². The normalized spacial score (nSPS) is 11.5. The van der Waals surface area contributed by atoms with Crippen molar-refractivity contribution in [2.75, 3.05) is 5.32 Å². The molecule has 0 aliphatic rings. The van der Waals surface area contributed by atoms with E-state index in [1.807, 2.05) is 68.4 Å². The number of hydrogen-bond acceptors (Lipinski definition) is 5. The standard InChI is InChI=1S/C21H22N4O2/c1-3-15(2)24-21(26)18-13-20(23-14-22-18)25-17-11-7-8-12-19(17)27-16-9-5-4-6-10-16/h4-15H,3H2,1-2H3,(H,24,26)(H,22,23,25). The number of nitrogens with zero attached hydrogens (tertiary/aromatic N) is 2. The minimum Gasteiger partial charge on any atom is -0.455 e. The first-order valence-corrected chi connectivity index (χ1v) is 8.87. The lowest BCUT2D eigenvalue weighted by molar-refractivity contribution is 0.0934. The van der Waals surface area contributed by atoms with Crippen LogP contribution < -0.4 is 15.4 Å². The highest BCUT2D eigenvalue weighted by atomic mass is 16.5. The second kappa shape index (κ2) is 8.80. The quantitative estimate of drug-likeness (QED) is 0.645. The first-order valence-electron chi connectivity index (χ1n) is 8.87. The molecule has 0 fully saturated rings. The van der Waals surface area contributed by atoms with Crippen LogP contribution in [0.2, 0.25) is 0 Å². The molecule has 1 aromatic heterocycles. The van der Waals surface area contributed by atoms with Gasteiger partial charge in [0.25, 0.3) is 5.91 Å². The summed E-state index contributed by atoms with van der Waals surface area (Å²) >= 11 is 0. The number of para-hydroxylation sites is 3. The van der Waals surface area contributed by atoms with E-state index in [1.165, 1.54) is 6.33 Å². The van der Waals surface area contributed by atoms with Crippen molar-refractivity contribution in [3.63, 3.8) is 0 Å². The number of amides is 1. The Morgan fingerprint density at radius 3 is 2.59 bits per heavy atom. The number of aromatic nitrogens is 2. The first-order chi connectivity index (χ1) is 13.2. The summed E-state index contributed by atoms with van der Waals surface area (Å²) in [5.41, 5.74) is 1.06. The average Bonchev–Trinajstić information content (AvgIpc) is 2.70. The largest absolute Gasteiger partial charge is 0.455 e. The lowest BCUT2D eigenvalue weighted by Crippen LogP contribution is -2.32. The summed E-state index contributed by atoms with van der Waals surface area (Å²) in [6.07, 6.45) is 2.22. The Kier molecular flexibility index (Phi) is 5.99. The predicted octanol–water partition coefficient (Wildman–Crippen LogP) is 4.54. The third kappa shape index (κ3) is 5.04. The monoisotopic (exact) mass is 362 g/mol. The molecule has 1 amide bonds. The van der Waals surface area contributed by atoms with Gasteiger partial charge in [-0.15, -0.1) is 0 Å². The van der Waals surface area contributed by atoms with Gasteiger partial charge in [-0.25, -0.2) is 9.97 Å². The summed E-state index contributed by atoms with van der Waals surface area (Å²) in [6.45, 7) is 3.97. The molecule has 1 heterocycles. The second-order valence-electron chi connectivity index (χ2n) is 6.11. The summed E-state index contributed by atoms with van der Waals surface area (Å²) in [7, 11) is 0. The van der Waals surface area contributed by atoms with Gasteiger partial charge in [0.1, 0.15) is 23.6 Å². The molecule has 6 nitrogen and oxygen atoms in total. The molecule has 1 unspecified atom stereocenters. The van der Waals surface area contributed by atoms with Gasteiger partial charge in [-0.2, -0.15) is 0 Å². The maximum Gasteiger partial charge on any atom is 0.270 e. The smallest absolute Gasteiger partial charge is 0.270 e. The van der Waals surface area contributed by atoms with E-state index in [0.717, 1.165) is 17.9 Å². The Balaban J connectivity index is 1.78. The highest BCUT2D eigenvalue weighted by Gasteiger charge is 2.12. The fourth-order valence-electron chi connectivity index (χ4n) is 2.36. The van der Waals surface area contributed by atoms with Gasteiger partial charge in [0.2, 0.25) is 0 Å². The molecule has 0 aliphatic heterocycles. The van der Waals surface area contributed by atoms with E-state index in [2.05, 4.69) is 20.6 Å². The topological polar surface area (TPSA) is 76.1 Å². The predicted molar refractivity (Wildman–Crippen MR) is 105 cm³/mol. The highest BCUT2D eigenvalue weighted by Crippen LogP contribution is 2.30. The van der Waals surface area contributed by atoms with Crippen LogP contribution in [0, 0.1) is 0 Å². The Hall–Kier alpha value is -3.41. The van der Waals surface area contributed by atoms with Crippen molar-refractivity contribution < 1.29 is 9.53 Å². The maximum atomic E-state index is 12.3. The number of rotatable bonds is 7. The van der Waals surface area contributed by atoms with E-state index in [4.69, 9.17) is 4.74 Å². The van der Waals surface area contributed by atoms with Crippen LogP contribution in [-0.2, 0) is 0 Å². The number of carbonyl (C=O) groups is 1. The van der Waals surface area contributed by atoms with Gasteiger partial charge in [-0.05, 0) is 37.6 Å². The van der Waals surface area contributed by atoms with Crippen molar-refractivity contribution in [2.24, 2.45) is 0 Å². The average molecular weight is 362 g/mol. The molecule has 1 atom stereocenters. The molecule has 0 saturated heterocycles. The number of nitrogens with one attached hydrogen (secondary N) is 2. The van der Waals surface area contributed by atoms with E-state index in [-0.39, 0.29) is 11.9 Å². The van der Waals surface area contributed by atoms with Crippen LogP contribution in [0.25, 0.3) is 0 Å². The fraction of sp³-hybridized carbons (Fsp3) is 0.190. The van der Waals surface area contributed by atoms with Crippen LogP contribution in [0.3, 0.4) is 0 Å². The molecule has 0 spiro atoms. The third-order valence-corrected chi connectivity index (χ3v) is 4.01. The third-order valence-electron chi connectivity index (χ3n) is 4.01. The summed E-state index contributed by atoms with van der Waals surface area (Å²) in [5.74, 6) is 1.70. The fourth-order valence-corrected chi connectivity index (χ4v) is 2.36. The zero-order valence-electron chi connectivity index (χ0n) is 15.3. The summed E-state index contributed by atoms with van der Waals surface area (Å²) in [4.78, 5) is 20.5. The van der Waals surface area contributed by atoms with Gasteiger partial charge in [0.15, 0.2) is 5.75 Å². The van der Waals surface area contributed by atoms with Crippen LogP contribution in [-0.4, -0.2) is 21.9 Å². The first kappa shape index (κ1) is 18.4. The van der Waals surface area contributed by atoms with Crippen LogP contribution in [0.15, 0.2) is 67.0 Å². The summed E-state index contributed by atoms with van der Waals surface area (Å²) < 4.78 is 5.94. The van der Waals surface area contributed by atoms with E-state index in [0.29, 0.717) is 17.3 Å². The molecule has 3 aromatic rings. The molecule has 3 rings (SSSR count). The zero-order valence-corrected chi connectivity index (χ0v) is 15.3. The molecule has 27 heavy (non-hydrogen) atoms. The summed E-state index contributed by atoms with van der Waals surface area (Å²) in [5, 5.41) is 6.10. The maximum absolute atomic E-state index is 12.3. The summed E-state index contributed by atoms with van der Waals surface area (Å²) in [6, 6.07) is 18.8. The van der Waals surface area contributed by atoms with E-state index in [1.54, 1.807) is 6.07 Å². The Labute approximate surface area is 158 Å². The van der Waals surface area contributed by atoms with Crippen LogP contribution >= 0.6 is 0 Å². The zero-order chi connectivity index (χ0) is 19.1. The molecule has 2 aromatic carbocycles. The van der Waals surface area contributed by atoms with Crippen LogP contribution in [0.4, 0.5) is 11.5 Å². The Bertz CT molecular complexity index is 899. The van der Waals surface area contributed by atoms with Crippen molar-refractivity contribution in [3.8, 4) is 11.5 Å². The van der Waals surface area contributed by atoms with Crippen molar-refractivity contribution in [2.45, 2.75) is 26.3 Å². The van der Waals surface area contributed by atoms with Crippen molar-refractivity contribution in [1.82, 2.24) is 15.3 Å². The van der Waals surface area contributed by atoms with Gasteiger partial charge >= 0.3 is 0 Å². The van der Waals surface area contributed by atoms with Gasteiger partial charge in [-0.3, -0.25) is 4.79 Å². The van der Waals surface area contributed by atoms with Gasteiger partial charge < -0.3 is 15.4 Å².